The van der Waals surface area contributed by atoms with Crippen molar-refractivity contribution >= 4 is 32.4 Å². The first kappa shape index (κ1) is 15.3. The van der Waals surface area contributed by atoms with E-state index in [1.807, 2.05) is 0 Å². The van der Waals surface area contributed by atoms with Crippen molar-refractivity contribution in [3.8, 4) is 0 Å². The van der Waals surface area contributed by atoms with Gasteiger partial charge < -0.3 is 14.8 Å². The van der Waals surface area contributed by atoms with Gasteiger partial charge in [0.1, 0.15) is 0 Å². The van der Waals surface area contributed by atoms with Crippen LogP contribution in [0.5, 0.6) is 0 Å². The number of benzene rings is 2. The Morgan fingerprint density at radius 3 is 2.65 bits per heavy atom. The second kappa shape index (κ2) is 8.25. The van der Waals surface area contributed by atoms with Crippen LogP contribution in [0.15, 0.2) is 40.9 Å². The quantitative estimate of drug-likeness (QED) is 0.736. The highest BCUT2D eigenvalue weighted by molar-refractivity contribution is 9.10. The van der Waals surface area contributed by atoms with E-state index in [-0.39, 0.29) is 0 Å². The summed E-state index contributed by atoms with van der Waals surface area (Å²) in [7, 11) is 1.68. The van der Waals surface area contributed by atoms with Crippen molar-refractivity contribution in [3.05, 3.63) is 40.9 Å². The molecule has 1 N–H and O–H groups in total. The Morgan fingerprint density at radius 1 is 1.00 bits per heavy atom. The second-order valence-electron chi connectivity index (χ2n) is 4.59. The molecule has 0 heterocycles. The van der Waals surface area contributed by atoms with Crippen LogP contribution in [0.2, 0.25) is 0 Å². The first-order valence-electron chi connectivity index (χ1n) is 6.79. The summed E-state index contributed by atoms with van der Waals surface area (Å²) in [5.74, 6) is 0. The van der Waals surface area contributed by atoms with Gasteiger partial charge in [0.05, 0.1) is 13.2 Å². The average Bonchev–Trinajstić information content (AvgIpc) is 2.46. The molecular formula is C16H20BrNO2. The highest BCUT2D eigenvalue weighted by Gasteiger charge is 1.97. The summed E-state index contributed by atoms with van der Waals surface area (Å²) < 4.78 is 11.5. The summed E-state index contributed by atoms with van der Waals surface area (Å²) in [5, 5.41) is 5.91. The van der Waals surface area contributed by atoms with E-state index in [1.54, 1.807) is 7.11 Å². The van der Waals surface area contributed by atoms with Gasteiger partial charge in [-0.2, -0.15) is 0 Å². The molecule has 108 valence electrons. The zero-order chi connectivity index (χ0) is 14.2. The van der Waals surface area contributed by atoms with E-state index in [9.17, 15) is 0 Å². The van der Waals surface area contributed by atoms with Gasteiger partial charge in [0.25, 0.3) is 0 Å². The fraction of sp³-hybridized carbons (Fsp3) is 0.375. The van der Waals surface area contributed by atoms with Crippen LogP contribution in [-0.2, 0) is 9.47 Å². The molecule has 20 heavy (non-hydrogen) atoms. The van der Waals surface area contributed by atoms with Gasteiger partial charge in [-0.15, -0.1) is 0 Å². The summed E-state index contributed by atoms with van der Waals surface area (Å²) in [4.78, 5) is 0. The zero-order valence-electron chi connectivity index (χ0n) is 11.7. The molecule has 2 aromatic rings. The molecule has 0 spiro atoms. The van der Waals surface area contributed by atoms with Crippen molar-refractivity contribution in [2.24, 2.45) is 0 Å². The molecule has 0 aliphatic heterocycles. The Kier molecular flexibility index (Phi) is 6.30. The third-order valence-electron chi connectivity index (χ3n) is 3.03. The van der Waals surface area contributed by atoms with Crippen LogP contribution in [0, 0.1) is 0 Å². The fourth-order valence-corrected chi connectivity index (χ4v) is 2.36. The van der Waals surface area contributed by atoms with E-state index in [0.29, 0.717) is 13.2 Å². The number of anilines is 1. The Morgan fingerprint density at radius 2 is 1.80 bits per heavy atom. The molecule has 0 atom stereocenters. The van der Waals surface area contributed by atoms with Gasteiger partial charge in [-0.25, -0.2) is 0 Å². The summed E-state index contributed by atoms with van der Waals surface area (Å²) in [6, 6.07) is 12.7. The first-order valence-corrected chi connectivity index (χ1v) is 7.59. The molecule has 0 amide bonds. The lowest BCUT2D eigenvalue weighted by Gasteiger charge is -2.08. The monoisotopic (exact) mass is 337 g/mol. The molecule has 3 nitrogen and oxygen atoms in total. The van der Waals surface area contributed by atoms with Gasteiger partial charge in [-0.1, -0.05) is 28.1 Å². The van der Waals surface area contributed by atoms with E-state index in [0.717, 1.165) is 29.7 Å². The number of fused-ring (bicyclic) bond motifs is 1. The molecule has 0 saturated heterocycles. The normalized spacial score (nSPS) is 10.9. The topological polar surface area (TPSA) is 30.5 Å². The lowest BCUT2D eigenvalue weighted by atomic mass is 10.1. The number of halogens is 1. The van der Waals surface area contributed by atoms with Crippen molar-refractivity contribution in [1.82, 2.24) is 0 Å². The minimum atomic E-state index is 0.660. The van der Waals surface area contributed by atoms with Gasteiger partial charge >= 0.3 is 0 Å². The molecule has 4 heteroatoms. The van der Waals surface area contributed by atoms with E-state index < -0.39 is 0 Å². The van der Waals surface area contributed by atoms with E-state index in [1.165, 1.54) is 10.8 Å². The maximum atomic E-state index is 5.43. The van der Waals surface area contributed by atoms with Gasteiger partial charge in [-0.05, 0) is 41.5 Å². The molecule has 0 aliphatic rings. The van der Waals surface area contributed by atoms with Crippen LogP contribution in [0.1, 0.15) is 6.42 Å². The van der Waals surface area contributed by atoms with Crippen LogP contribution in [0.25, 0.3) is 10.8 Å². The third-order valence-corrected chi connectivity index (χ3v) is 3.52. The van der Waals surface area contributed by atoms with E-state index >= 15 is 0 Å². The van der Waals surface area contributed by atoms with Crippen molar-refractivity contribution in [2.45, 2.75) is 6.42 Å². The molecular weight excluding hydrogens is 318 g/mol. The predicted octanol–water partition coefficient (Wildman–Crippen LogP) is 4.07. The van der Waals surface area contributed by atoms with Crippen molar-refractivity contribution in [3.63, 3.8) is 0 Å². The number of nitrogens with one attached hydrogen (secondary N) is 1. The van der Waals surface area contributed by atoms with Crippen LogP contribution >= 0.6 is 15.9 Å². The standard InChI is InChI=1S/C16H20BrNO2/c1-19-9-10-20-8-2-7-18-16-6-4-13-11-15(17)5-3-14(13)12-16/h3-6,11-12,18H,2,7-10H2,1H3. The predicted molar refractivity (Wildman–Crippen MR) is 87.4 cm³/mol. The third kappa shape index (κ3) is 4.78. The molecule has 0 unspecified atom stereocenters. The van der Waals surface area contributed by atoms with E-state index in [2.05, 4.69) is 57.6 Å². The Bertz CT molecular complexity index is 545. The summed E-state index contributed by atoms with van der Waals surface area (Å²) >= 11 is 3.49. The lowest BCUT2D eigenvalue weighted by molar-refractivity contribution is 0.0705. The molecule has 2 aromatic carbocycles. The molecule has 0 bridgehead atoms. The van der Waals surface area contributed by atoms with Crippen molar-refractivity contribution < 1.29 is 9.47 Å². The van der Waals surface area contributed by atoms with Crippen LogP contribution in [0.3, 0.4) is 0 Å². The second-order valence-corrected chi connectivity index (χ2v) is 5.51. The first-order chi connectivity index (χ1) is 9.79. The average molecular weight is 338 g/mol. The highest BCUT2D eigenvalue weighted by atomic mass is 79.9. The number of ether oxygens (including phenoxy) is 2. The van der Waals surface area contributed by atoms with Crippen molar-refractivity contribution in [1.29, 1.82) is 0 Å². The molecule has 0 aromatic heterocycles. The van der Waals surface area contributed by atoms with Gasteiger partial charge in [0.2, 0.25) is 0 Å². The Balaban J connectivity index is 1.77. The minimum Gasteiger partial charge on any atom is -0.385 e. The van der Waals surface area contributed by atoms with Gasteiger partial charge in [0.15, 0.2) is 0 Å². The van der Waals surface area contributed by atoms with Crippen LogP contribution in [-0.4, -0.2) is 33.5 Å². The summed E-state index contributed by atoms with van der Waals surface area (Å²) in [6.07, 6.45) is 0.988. The number of methoxy groups -OCH3 is 1. The SMILES string of the molecule is COCCOCCCNc1ccc2cc(Br)ccc2c1. The number of hydrogen-bond acceptors (Lipinski definition) is 3. The largest absolute Gasteiger partial charge is 0.385 e. The molecule has 0 fully saturated rings. The zero-order valence-corrected chi connectivity index (χ0v) is 13.3. The van der Waals surface area contributed by atoms with Crippen LogP contribution < -0.4 is 5.32 Å². The van der Waals surface area contributed by atoms with Gasteiger partial charge in [0, 0.05) is 30.4 Å². The fourth-order valence-electron chi connectivity index (χ4n) is 1.98. The van der Waals surface area contributed by atoms with Gasteiger partial charge in [-0.3, -0.25) is 0 Å². The maximum Gasteiger partial charge on any atom is 0.0700 e. The number of hydrogen-bond donors (Lipinski definition) is 1. The Hall–Kier alpha value is -1.10. The molecule has 0 aliphatic carbocycles. The Labute approximate surface area is 128 Å². The molecule has 0 saturated carbocycles. The highest BCUT2D eigenvalue weighted by Crippen LogP contribution is 2.22. The maximum absolute atomic E-state index is 5.43. The summed E-state index contributed by atoms with van der Waals surface area (Å²) in [5.41, 5.74) is 1.15. The lowest BCUT2D eigenvalue weighted by Crippen LogP contribution is -2.08. The number of rotatable bonds is 8. The minimum absolute atomic E-state index is 0.660. The molecule has 0 radical (unpaired) electrons. The van der Waals surface area contributed by atoms with E-state index in [4.69, 9.17) is 9.47 Å². The van der Waals surface area contributed by atoms with Crippen molar-refractivity contribution in [2.75, 3.05) is 38.8 Å². The summed E-state index contributed by atoms with van der Waals surface area (Å²) in [6.45, 7) is 3.00. The smallest absolute Gasteiger partial charge is 0.0700 e. The van der Waals surface area contributed by atoms with Crippen LogP contribution in [0.4, 0.5) is 5.69 Å². The molecule has 2 rings (SSSR count).